The monoisotopic (exact) mass is 329 g/mol. The summed E-state index contributed by atoms with van der Waals surface area (Å²) in [6.07, 6.45) is 0.311. The van der Waals surface area contributed by atoms with E-state index in [-0.39, 0.29) is 12.3 Å². The van der Waals surface area contributed by atoms with Gasteiger partial charge in [-0.2, -0.15) is 0 Å². The van der Waals surface area contributed by atoms with Crippen molar-refractivity contribution in [3.8, 4) is 0 Å². The van der Waals surface area contributed by atoms with Crippen molar-refractivity contribution >= 4 is 17.5 Å². The Morgan fingerprint density at radius 2 is 1.87 bits per heavy atom. The molecule has 4 heteroatoms. The normalized spacial score (nSPS) is 18.9. The molecule has 1 saturated heterocycles. The van der Waals surface area contributed by atoms with Crippen LogP contribution < -0.4 is 0 Å². The lowest BCUT2D eigenvalue weighted by Crippen LogP contribution is -2.29. The molecule has 0 spiro atoms. The summed E-state index contributed by atoms with van der Waals surface area (Å²) in [5.41, 5.74) is 2.00. The fourth-order valence-electron chi connectivity index (χ4n) is 3.08. The summed E-state index contributed by atoms with van der Waals surface area (Å²) in [6, 6.07) is 17.3. The number of nitrogens with zero attached hydrogens (tertiary/aromatic N) is 1. The van der Waals surface area contributed by atoms with Crippen LogP contribution in [0.25, 0.3) is 0 Å². The van der Waals surface area contributed by atoms with Crippen molar-refractivity contribution in [1.82, 2.24) is 4.90 Å². The Hall–Kier alpha value is -1.84. The Kier molecular flexibility index (Phi) is 4.99. The van der Waals surface area contributed by atoms with E-state index in [0.717, 1.165) is 25.1 Å². The van der Waals surface area contributed by atoms with E-state index < -0.39 is 6.10 Å². The van der Waals surface area contributed by atoms with Crippen molar-refractivity contribution in [3.63, 3.8) is 0 Å². The smallest absolute Gasteiger partial charge is 0.225 e. The standard InChI is InChI=1S/C19H20ClNO2/c20-17-8-6-15(7-9-17)18(22)12-19(23)21-11-10-16(13-21)14-4-2-1-3-5-14/h1-9,16,18,22H,10-13H2. The van der Waals surface area contributed by atoms with Gasteiger partial charge in [0.15, 0.2) is 0 Å². The molecule has 2 atom stereocenters. The summed E-state index contributed by atoms with van der Waals surface area (Å²) in [4.78, 5) is 14.3. The molecular formula is C19H20ClNO2. The van der Waals surface area contributed by atoms with Crippen molar-refractivity contribution in [2.24, 2.45) is 0 Å². The highest BCUT2D eigenvalue weighted by Gasteiger charge is 2.28. The number of halogens is 1. The van der Waals surface area contributed by atoms with Gasteiger partial charge in [-0.25, -0.2) is 0 Å². The number of aliphatic hydroxyl groups excluding tert-OH is 1. The maximum absolute atomic E-state index is 12.4. The van der Waals surface area contributed by atoms with Gasteiger partial charge < -0.3 is 10.0 Å². The quantitative estimate of drug-likeness (QED) is 0.927. The molecule has 1 fully saturated rings. The van der Waals surface area contributed by atoms with Crippen LogP contribution in [0.4, 0.5) is 0 Å². The highest BCUT2D eigenvalue weighted by molar-refractivity contribution is 6.30. The minimum atomic E-state index is -0.782. The second kappa shape index (κ2) is 7.16. The lowest BCUT2D eigenvalue weighted by molar-refractivity contribution is -0.132. The SMILES string of the molecule is O=C(CC(O)c1ccc(Cl)cc1)N1CCC(c2ccccc2)C1. The summed E-state index contributed by atoms with van der Waals surface area (Å²) in [6.45, 7) is 1.49. The molecule has 1 N–H and O–H groups in total. The summed E-state index contributed by atoms with van der Waals surface area (Å²) in [5.74, 6) is 0.402. The van der Waals surface area contributed by atoms with Gasteiger partial charge in [0.1, 0.15) is 0 Å². The molecule has 3 rings (SSSR count). The number of carbonyl (C=O) groups is 1. The maximum Gasteiger partial charge on any atom is 0.225 e. The third-order valence-electron chi connectivity index (χ3n) is 4.43. The lowest BCUT2D eigenvalue weighted by atomic mass is 9.99. The fourth-order valence-corrected chi connectivity index (χ4v) is 3.21. The third kappa shape index (κ3) is 3.92. The average Bonchev–Trinajstić information content (AvgIpc) is 3.06. The maximum atomic E-state index is 12.4. The lowest BCUT2D eigenvalue weighted by Gasteiger charge is -2.19. The number of amides is 1. The average molecular weight is 330 g/mol. The summed E-state index contributed by atoms with van der Waals surface area (Å²) >= 11 is 5.84. The van der Waals surface area contributed by atoms with Crippen LogP contribution in [-0.4, -0.2) is 29.0 Å². The molecule has 0 bridgehead atoms. The van der Waals surface area contributed by atoms with Gasteiger partial charge in [-0.3, -0.25) is 4.79 Å². The second-order valence-electron chi connectivity index (χ2n) is 6.01. The molecule has 2 unspecified atom stereocenters. The first-order chi connectivity index (χ1) is 11.1. The van der Waals surface area contributed by atoms with Gasteiger partial charge in [-0.05, 0) is 29.7 Å². The van der Waals surface area contributed by atoms with E-state index in [1.54, 1.807) is 24.3 Å². The van der Waals surface area contributed by atoms with E-state index in [2.05, 4.69) is 12.1 Å². The van der Waals surface area contributed by atoms with Crippen LogP contribution in [0.3, 0.4) is 0 Å². The minimum absolute atomic E-state index is 0.00545. The van der Waals surface area contributed by atoms with Gasteiger partial charge >= 0.3 is 0 Å². The molecule has 120 valence electrons. The molecule has 2 aromatic carbocycles. The zero-order valence-electron chi connectivity index (χ0n) is 12.9. The van der Waals surface area contributed by atoms with Crippen LogP contribution in [0.2, 0.25) is 5.02 Å². The molecule has 0 saturated carbocycles. The molecule has 0 aliphatic carbocycles. The number of benzene rings is 2. The molecule has 1 aliphatic heterocycles. The van der Waals surface area contributed by atoms with Crippen LogP contribution in [0.15, 0.2) is 54.6 Å². The Labute approximate surface area is 141 Å². The van der Waals surface area contributed by atoms with Crippen LogP contribution >= 0.6 is 11.6 Å². The van der Waals surface area contributed by atoms with Crippen molar-refractivity contribution in [2.75, 3.05) is 13.1 Å². The predicted octanol–water partition coefficient (Wildman–Crippen LogP) is 3.78. The minimum Gasteiger partial charge on any atom is -0.388 e. The number of hydrogen-bond donors (Lipinski definition) is 1. The number of hydrogen-bond acceptors (Lipinski definition) is 2. The van der Waals surface area contributed by atoms with Crippen molar-refractivity contribution in [3.05, 3.63) is 70.7 Å². The van der Waals surface area contributed by atoms with Crippen LogP contribution in [0.1, 0.15) is 36.0 Å². The first kappa shape index (κ1) is 16.0. The predicted molar refractivity (Wildman–Crippen MR) is 91.4 cm³/mol. The number of carbonyl (C=O) groups excluding carboxylic acids is 1. The van der Waals surface area contributed by atoms with Crippen LogP contribution in [0.5, 0.6) is 0 Å². The van der Waals surface area contributed by atoms with E-state index >= 15 is 0 Å². The zero-order valence-corrected chi connectivity index (χ0v) is 13.6. The van der Waals surface area contributed by atoms with Gasteiger partial charge in [0.05, 0.1) is 12.5 Å². The topological polar surface area (TPSA) is 40.5 Å². The molecule has 0 aromatic heterocycles. The fraction of sp³-hybridized carbons (Fsp3) is 0.316. The molecule has 0 radical (unpaired) electrons. The molecule has 1 aliphatic rings. The third-order valence-corrected chi connectivity index (χ3v) is 4.69. The first-order valence-corrected chi connectivity index (χ1v) is 8.27. The van der Waals surface area contributed by atoms with Gasteiger partial charge in [0.25, 0.3) is 0 Å². The van der Waals surface area contributed by atoms with Crippen LogP contribution in [0, 0.1) is 0 Å². The summed E-state index contributed by atoms with van der Waals surface area (Å²) in [5, 5.41) is 10.9. The molecule has 1 heterocycles. The van der Waals surface area contributed by atoms with Gasteiger partial charge in [-0.1, -0.05) is 54.1 Å². The molecule has 1 amide bonds. The highest BCUT2D eigenvalue weighted by atomic mass is 35.5. The number of likely N-dealkylation sites (tertiary alicyclic amines) is 1. The molecular weight excluding hydrogens is 310 g/mol. The molecule has 3 nitrogen and oxygen atoms in total. The van der Waals surface area contributed by atoms with Gasteiger partial charge in [0.2, 0.25) is 5.91 Å². The zero-order chi connectivity index (χ0) is 16.2. The summed E-state index contributed by atoms with van der Waals surface area (Å²) < 4.78 is 0. The van der Waals surface area contributed by atoms with Gasteiger partial charge in [0, 0.05) is 24.0 Å². The Morgan fingerprint density at radius 1 is 1.17 bits per heavy atom. The van der Waals surface area contributed by atoms with E-state index in [9.17, 15) is 9.90 Å². The molecule has 23 heavy (non-hydrogen) atoms. The van der Waals surface area contributed by atoms with Crippen LogP contribution in [-0.2, 0) is 4.79 Å². The van der Waals surface area contributed by atoms with Crippen molar-refractivity contribution < 1.29 is 9.90 Å². The van der Waals surface area contributed by atoms with E-state index in [4.69, 9.17) is 11.6 Å². The first-order valence-electron chi connectivity index (χ1n) is 7.90. The summed E-state index contributed by atoms with van der Waals surface area (Å²) in [7, 11) is 0. The van der Waals surface area contributed by atoms with E-state index in [1.165, 1.54) is 5.56 Å². The Bertz CT molecular complexity index is 657. The highest BCUT2D eigenvalue weighted by Crippen LogP contribution is 2.28. The Morgan fingerprint density at radius 3 is 2.57 bits per heavy atom. The van der Waals surface area contributed by atoms with E-state index in [1.807, 2.05) is 23.1 Å². The van der Waals surface area contributed by atoms with Crippen molar-refractivity contribution in [1.29, 1.82) is 0 Å². The second-order valence-corrected chi connectivity index (χ2v) is 6.44. The Balaban J connectivity index is 1.58. The van der Waals surface area contributed by atoms with Crippen molar-refractivity contribution in [2.45, 2.75) is 24.9 Å². The van der Waals surface area contributed by atoms with Gasteiger partial charge in [-0.15, -0.1) is 0 Å². The molecule has 2 aromatic rings. The number of aliphatic hydroxyl groups is 1. The largest absolute Gasteiger partial charge is 0.388 e. The number of rotatable bonds is 4. The van der Waals surface area contributed by atoms with E-state index in [0.29, 0.717) is 10.9 Å².